The molecule has 3 aromatic rings. The molecule has 10 heteroatoms. The molecule has 0 radical (unpaired) electrons. The fraction of sp³-hybridized carbons (Fsp3) is 0.200. The molecule has 1 aromatic heterocycles. The second-order valence-electron chi connectivity index (χ2n) is 6.28. The van der Waals surface area contributed by atoms with Gasteiger partial charge in [-0.15, -0.1) is 13.2 Å². The maximum absolute atomic E-state index is 13.8. The van der Waals surface area contributed by atoms with E-state index in [1.54, 1.807) is 25.1 Å². The highest BCUT2D eigenvalue weighted by atomic mass is 19.4. The van der Waals surface area contributed by atoms with Gasteiger partial charge in [0.1, 0.15) is 17.4 Å². The van der Waals surface area contributed by atoms with Crippen molar-refractivity contribution in [2.45, 2.75) is 13.3 Å². The lowest BCUT2D eigenvalue weighted by Crippen LogP contribution is -2.17. The third-order valence-electron chi connectivity index (χ3n) is 3.93. The molecule has 0 aliphatic rings. The van der Waals surface area contributed by atoms with Gasteiger partial charge in [-0.1, -0.05) is 18.2 Å². The van der Waals surface area contributed by atoms with Crippen molar-refractivity contribution in [1.29, 1.82) is 0 Å². The Labute approximate surface area is 169 Å². The Balaban J connectivity index is 1.96. The molecule has 0 saturated carbocycles. The van der Waals surface area contributed by atoms with Crippen molar-refractivity contribution < 1.29 is 27.4 Å². The number of halogens is 4. The first-order valence-electron chi connectivity index (χ1n) is 8.87. The third-order valence-corrected chi connectivity index (χ3v) is 3.93. The minimum Gasteiger partial charge on any atom is -0.406 e. The molecule has 0 bridgehead atoms. The largest absolute Gasteiger partial charge is 0.573 e. The molecular weight excluding hydrogens is 404 g/mol. The van der Waals surface area contributed by atoms with Gasteiger partial charge >= 0.3 is 6.36 Å². The SMILES string of the molecule is Cc1ccc(Nc2cc(-c3cccc(OC(F)(F)F)c3)nc(NCCO)n2)cc1F. The highest BCUT2D eigenvalue weighted by Crippen LogP contribution is 2.29. The first kappa shape index (κ1) is 21.3. The van der Waals surface area contributed by atoms with E-state index in [-0.39, 0.29) is 24.9 Å². The summed E-state index contributed by atoms with van der Waals surface area (Å²) in [6, 6.07) is 11.4. The number of aromatic nitrogens is 2. The van der Waals surface area contributed by atoms with Crippen LogP contribution in [-0.4, -0.2) is 34.6 Å². The molecule has 0 amide bonds. The lowest BCUT2D eigenvalue weighted by atomic mass is 10.1. The van der Waals surface area contributed by atoms with E-state index in [0.717, 1.165) is 0 Å². The average molecular weight is 422 g/mol. The molecule has 3 rings (SSSR count). The van der Waals surface area contributed by atoms with Crippen LogP contribution in [0.3, 0.4) is 0 Å². The molecule has 1 heterocycles. The Morgan fingerprint density at radius 3 is 2.57 bits per heavy atom. The number of rotatable bonds is 7. The molecule has 0 atom stereocenters. The Hall–Kier alpha value is -3.40. The van der Waals surface area contributed by atoms with E-state index in [4.69, 9.17) is 5.11 Å². The van der Waals surface area contributed by atoms with Crippen LogP contribution in [0, 0.1) is 12.7 Å². The van der Waals surface area contributed by atoms with Crippen molar-refractivity contribution in [3.05, 3.63) is 59.9 Å². The van der Waals surface area contributed by atoms with Crippen molar-refractivity contribution in [2.24, 2.45) is 0 Å². The fourth-order valence-corrected chi connectivity index (χ4v) is 2.58. The van der Waals surface area contributed by atoms with E-state index in [1.165, 1.54) is 30.3 Å². The molecule has 0 aliphatic carbocycles. The highest BCUT2D eigenvalue weighted by molar-refractivity contribution is 5.68. The zero-order valence-corrected chi connectivity index (χ0v) is 15.8. The Morgan fingerprint density at radius 1 is 1.07 bits per heavy atom. The van der Waals surface area contributed by atoms with E-state index in [0.29, 0.717) is 22.5 Å². The Bertz CT molecular complexity index is 1030. The molecule has 30 heavy (non-hydrogen) atoms. The van der Waals surface area contributed by atoms with Crippen LogP contribution in [0.15, 0.2) is 48.5 Å². The number of nitrogens with zero attached hydrogens (tertiary/aromatic N) is 2. The average Bonchev–Trinajstić information content (AvgIpc) is 2.68. The van der Waals surface area contributed by atoms with Gasteiger partial charge in [0.05, 0.1) is 12.3 Å². The summed E-state index contributed by atoms with van der Waals surface area (Å²) < 4.78 is 55.4. The van der Waals surface area contributed by atoms with E-state index < -0.39 is 17.9 Å². The maximum atomic E-state index is 13.8. The fourth-order valence-electron chi connectivity index (χ4n) is 2.58. The van der Waals surface area contributed by atoms with E-state index in [1.807, 2.05) is 0 Å². The van der Waals surface area contributed by atoms with Gasteiger partial charge in [-0.3, -0.25) is 0 Å². The number of benzene rings is 2. The van der Waals surface area contributed by atoms with Crippen LogP contribution in [-0.2, 0) is 0 Å². The van der Waals surface area contributed by atoms with E-state index in [2.05, 4.69) is 25.3 Å². The van der Waals surface area contributed by atoms with Crippen LogP contribution < -0.4 is 15.4 Å². The molecule has 0 saturated heterocycles. The third kappa shape index (κ3) is 5.80. The van der Waals surface area contributed by atoms with Gasteiger partial charge in [0, 0.05) is 23.9 Å². The molecule has 6 nitrogen and oxygen atoms in total. The maximum Gasteiger partial charge on any atom is 0.573 e. The molecule has 0 unspecified atom stereocenters. The van der Waals surface area contributed by atoms with Crippen molar-refractivity contribution in [1.82, 2.24) is 9.97 Å². The number of alkyl halides is 3. The first-order chi connectivity index (χ1) is 14.2. The number of hydrogen-bond donors (Lipinski definition) is 3. The summed E-state index contributed by atoms with van der Waals surface area (Å²) in [6.45, 7) is 1.63. The van der Waals surface area contributed by atoms with E-state index >= 15 is 0 Å². The van der Waals surface area contributed by atoms with Crippen LogP contribution in [0.5, 0.6) is 5.75 Å². The monoisotopic (exact) mass is 422 g/mol. The second kappa shape index (κ2) is 8.95. The molecule has 0 aliphatic heterocycles. The van der Waals surface area contributed by atoms with Crippen molar-refractivity contribution >= 4 is 17.5 Å². The second-order valence-corrected chi connectivity index (χ2v) is 6.28. The molecule has 2 aromatic carbocycles. The zero-order chi connectivity index (χ0) is 21.7. The number of aliphatic hydroxyl groups is 1. The van der Waals surface area contributed by atoms with Crippen LogP contribution in [0.2, 0.25) is 0 Å². The molecule has 0 spiro atoms. The molecule has 0 fully saturated rings. The number of anilines is 3. The number of ether oxygens (including phenoxy) is 1. The quantitative estimate of drug-likeness (QED) is 0.482. The van der Waals surface area contributed by atoms with Gasteiger partial charge in [0.2, 0.25) is 5.95 Å². The number of hydrogen-bond acceptors (Lipinski definition) is 6. The number of aryl methyl sites for hydroxylation is 1. The van der Waals surface area contributed by atoms with Gasteiger partial charge < -0.3 is 20.5 Å². The van der Waals surface area contributed by atoms with Crippen LogP contribution >= 0.6 is 0 Å². The van der Waals surface area contributed by atoms with Gasteiger partial charge in [-0.25, -0.2) is 9.37 Å². The lowest BCUT2D eigenvalue weighted by molar-refractivity contribution is -0.274. The summed E-state index contributed by atoms with van der Waals surface area (Å²) in [6.07, 6.45) is -4.82. The van der Waals surface area contributed by atoms with Crippen LogP contribution in [0.1, 0.15) is 5.56 Å². The summed E-state index contributed by atoms with van der Waals surface area (Å²) in [7, 11) is 0. The number of aliphatic hydroxyl groups excluding tert-OH is 1. The standard InChI is InChI=1S/C20H18F4N4O2/c1-12-5-6-14(10-16(12)21)26-18-11-17(27-19(28-18)25-7-8-29)13-3-2-4-15(9-13)30-20(22,23)24/h2-6,9-11,29H,7-8H2,1H3,(H2,25,26,27,28). The van der Waals surface area contributed by atoms with Gasteiger partial charge in [-0.2, -0.15) is 4.98 Å². The van der Waals surface area contributed by atoms with Gasteiger partial charge in [0.25, 0.3) is 0 Å². The minimum atomic E-state index is -4.82. The summed E-state index contributed by atoms with van der Waals surface area (Å²) in [5.74, 6) is -0.367. The zero-order valence-electron chi connectivity index (χ0n) is 15.8. The Morgan fingerprint density at radius 2 is 1.87 bits per heavy atom. The van der Waals surface area contributed by atoms with Crippen molar-refractivity contribution in [2.75, 3.05) is 23.8 Å². The minimum absolute atomic E-state index is 0.138. The molecule has 3 N–H and O–H groups in total. The first-order valence-corrected chi connectivity index (χ1v) is 8.87. The van der Waals surface area contributed by atoms with Gasteiger partial charge in [-0.05, 0) is 36.8 Å². The number of nitrogens with one attached hydrogen (secondary N) is 2. The smallest absolute Gasteiger partial charge is 0.406 e. The van der Waals surface area contributed by atoms with Crippen molar-refractivity contribution in [3.63, 3.8) is 0 Å². The Kier molecular flexibility index (Phi) is 6.36. The van der Waals surface area contributed by atoms with Crippen LogP contribution in [0.4, 0.5) is 35.0 Å². The summed E-state index contributed by atoms with van der Waals surface area (Å²) in [5, 5.41) is 14.8. The predicted molar refractivity (Wildman–Crippen MR) is 104 cm³/mol. The topological polar surface area (TPSA) is 79.3 Å². The van der Waals surface area contributed by atoms with Crippen LogP contribution in [0.25, 0.3) is 11.3 Å². The summed E-state index contributed by atoms with van der Waals surface area (Å²) in [5.41, 5.74) is 1.57. The summed E-state index contributed by atoms with van der Waals surface area (Å²) in [4.78, 5) is 8.52. The summed E-state index contributed by atoms with van der Waals surface area (Å²) >= 11 is 0. The normalized spacial score (nSPS) is 11.3. The highest BCUT2D eigenvalue weighted by Gasteiger charge is 2.31. The molecule has 158 valence electrons. The van der Waals surface area contributed by atoms with Crippen molar-refractivity contribution in [3.8, 4) is 17.0 Å². The van der Waals surface area contributed by atoms with Gasteiger partial charge in [0.15, 0.2) is 0 Å². The predicted octanol–water partition coefficient (Wildman–Crippen LogP) is 4.64. The molecular formula is C20H18F4N4O2. The lowest BCUT2D eigenvalue weighted by Gasteiger charge is -2.13. The van der Waals surface area contributed by atoms with E-state index in [9.17, 15) is 17.6 Å².